The topological polar surface area (TPSA) is 42.7 Å². The number of hydrogen-bond donors (Lipinski definition) is 1. The molecule has 1 aromatic carbocycles. The zero-order valence-corrected chi connectivity index (χ0v) is 15.0. The van der Waals surface area contributed by atoms with Crippen LogP contribution in [0.3, 0.4) is 0 Å². The Morgan fingerprint density at radius 3 is 2.58 bits per heavy atom. The van der Waals surface area contributed by atoms with Crippen LogP contribution in [0.1, 0.15) is 30.0 Å². The first-order chi connectivity index (χ1) is 11.6. The van der Waals surface area contributed by atoms with Crippen molar-refractivity contribution in [3.63, 3.8) is 0 Å². The van der Waals surface area contributed by atoms with Crippen LogP contribution in [0.15, 0.2) is 59.8 Å². The molecule has 2 aromatic heterocycles. The van der Waals surface area contributed by atoms with Crippen molar-refractivity contribution < 1.29 is 0 Å². The molecule has 0 aliphatic heterocycles. The summed E-state index contributed by atoms with van der Waals surface area (Å²) >= 11 is 1.80. The number of rotatable bonds is 6. The van der Waals surface area contributed by atoms with E-state index in [9.17, 15) is 0 Å². The standard InChI is InChI=1S/C19H22N4S/c1-14(18-12-23(3)15(2)22-18)21-19-10-9-17(11-20-19)24-13-16-7-5-4-6-8-16/h4-12,14H,13H2,1-3H3,(H,20,21)/t14-/m1/s1. The SMILES string of the molecule is Cc1nc([C@@H](C)Nc2ccc(SCc3ccccc3)cn2)cn1C. The molecule has 0 spiro atoms. The van der Waals surface area contributed by atoms with Crippen LogP contribution in [0.25, 0.3) is 0 Å². The van der Waals surface area contributed by atoms with Gasteiger partial charge in [-0.2, -0.15) is 0 Å². The number of thioether (sulfide) groups is 1. The van der Waals surface area contributed by atoms with Gasteiger partial charge in [-0.3, -0.25) is 0 Å². The van der Waals surface area contributed by atoms with Gasteiger partial charge in [-0.15, -0.1) is 11.8 Å². The summed E-state index contributed by atoms with van der Waals surface area (Å²) in [6, 6.07) is 14.7. The van der Waals surface area contributed by atoms with E-state index in [-0.39, 0.29) is 6.04 Å². The summed E-state index contributed by atoms with van der Waals surface area (Å²) in [5, 5.41) is 3.40. The molecule has 1 atom stereocenters. The van der Waals surface area contributed by atoms with Crippen LogP contribution in [-0.4, -0.2) is 14.5 Å². The van der Waals surface area contributed by atoms with Gasteiger partial charge in [0.05, 0.1) is 11.7 Å². The van der Waals surface area contributed by atoms with Crippen LogP contribution in [0.4, 0.5) is 5.82 Å². The number of pyridine rings is 1. The van der Waals surface area contributed by atoms with E-state index in [4.69, 9.17) is 0 Å². The number of anilines is 1. The number of nitrogens with one attached hydrogen (secondary N) is 1. The van der Waals surface area contributed by atoms with Crippen molar-refractivity contribution in [1.29, 1.82) is 0 Å². The molecule has 124 valence electrons. The van der Waals surface area contributed by atoms with Crippen molar-refractivity contribution in [3.05, 3.63) is 71.9 Å². The van der Waals surface area contributed by atoms with E-state index in [2.05, 4.69) is 58.7 Å². The predicted molar refractivity (Wildman–Crippen MR) is 100 cm³/mol. The van der Waals surface area contributed by atoms with Gasteiger partial charge in [-0.25, -0.2) is 9.97 Å². The molecular formula is C19H22N4S. The molecule has 0 amide bonds. The number of aromatic nitrogens is 3. The van der Waals surface area contributed by atoms with E-state index < -0.39 is 0 Å². The van der Waals surface area contributed by atoms with E-state index in [1.165, 1.54) is 10.5 Å². The smallest absolute Gasteiger partial charge is 0.126 e. The summed E-state index contributed by atoms with van der Waals surface area (Å²) in [4.78, 5) is 10.2. The fourth-order valence-electron chi connectivity index (χ4n) is 2.38. The highest BCUT2D eigenvalue weighted by Gasteiger charge is 2.10. The Bertz CT molecular complexity index is 761. The minimum absolute atomic E-state index is 0.125. The van der Waals surface area contributed by atoms with Crippen LogP contribution in [0.5, 0.6) is 0 Å². The van der Waals surface area contributed by atoms with Crippen LogP contribution in [-0.2, 0) is 12.8 Å². The molecule has 3 aromatic rings. The molecule has 0 bridgehead atoms. The largest absolute Gasteiger partial charge is 0.362 e. The van der Waals surface area contributed by atoms with E-state index >= 15 is 0 Å². The van der Waals surface area contributed by atoms with Crippen LogP contribution in [0.2, 0.25) is 0 Å². The lowest BCUT2D eigenvalue weighted by atomic mass is 10.2. The Hall–Kier alpha value is -2.27. The third-order valence-electron chi connectivity index (χ3n) is 3.92. The number of nitrogens with zero attached hydrogens (tertiary/aromatic N) is 3. The summed E-state index contributed by atoms with van der Waals surface area (Å²) in [5.41, 5.74) is 2.35. The maximum absolute atomic E-state index is 4.56. The Morgan fingerprint density at radius 1 is 1.17 bits per heavy atom. The summed E-state index contributed by atoms with van der Waals surface area (Å²) < 4.78 is 2.03. The molecule has 4 nitrogen and oxygen atoms in total. The number of aryl methyl sites for hydroxylation is 2. The maximum atomic E-state index is 4.56. The minimum atomic E-state index is 0.125. The first-order valence-corrected chi connectivity index (χ1v) is 8.99. The van der Waals surface area contributed by atoms with Crippen LogP contribution < -0.4 is 5.32 Å². The summed E-state index contributed by atoms with van der Waals surface area (Å²) in [5.74, 6) is 2.84. The van der Waals surface area contributed by atoms with Gasteiger partial charge in [0.1, 0.15) is 11.6 Å². The van der Waals surface area contributed by atoms with Gasteiger partial charge >= 0.3 is 0 Å². The first-order valence-electron chi connectivity index (χ1n) is 8.01. The third-order valence-corrected chi connectivity index (χ3v) is 4.97. The van der Waals surface area contributed by atoms with E-state index in [0.717, 1.165) is 23.1 Å². The maximum Gasteiger partial charge on any atom is 0.126 e. The molecule has 3 rings (SSSR count). The summed E-state index contributed by atoms with van der Waals surface area (Å²) in [6.07, 6.45) is 3.98. The summed E-state index contributed by atoms with van der Waals surface area (Å²) in [6.45, 7) is 4.11. The van der Waals surface area contributed by atoms with Crippen LogP contribution >= 0.6 is 11.8 Å². The molecule has 24 heavy (non-hydrogen) atoms. The zero-order valence-electron chi connectivity index (χ0n) is 14.2. The molecule has 0 aliphatic rings. The van der Waals surface area contributed by atoms with E-state index in [1.807, 2.05) is 36.9 Å². The third kappa shape index (κ3) is 4.17. The van der Waals surface area contributed by atoms with Crippen molar-refractivity contribution in [2.75, 3.05) is 5.32 Å². The molecule has 0 aliphatic carbocycles. The monoisotopic (exact) mass is 338 g/mol. The molecule has 0 unspecified atom stereocenters. The van der Waals surface area contributed by atoms with Crippen molar-refractivity contribution in [3.8, 4) is 0 Å². The molecule has 2 heterocycles. The number of hydrogen-bond acceptors (Lipinski definition) is 4. The second-order valence-corrected chi connectivity index (χ2v) is 6.89. The molecule has 0 saturated heterocycles. The average molecular weight is 338 g/mol. The second-order valence-electron chi connectivity index (χ2n) is 5.84. The van der Waals surface area contributed by atoms with E-state index in [0.29, 0.717) is 0 Å². The Kier molecular flexibility index (Phi) is 5.20. The Labute approximate surface area is 147 Å². The van der Waals surface area contributed by atoms with Gasteiger partial charge < -0.3 is 9.88 Å². The highest BCUT2D eigenvalue weighted by Crippen LogP contribution is 2.24. The van der Waals surface area contributed by atoms with Crippen molar-refractivity contribution in [2.24, 2.45) is 7.05 Å². The molecular weight excluding hydrogens is 316 g/mol. The summed E-state index contributed by atoms with van der Waals surface area (Å²) in [7, 11) is 2.01. The highest BCUT2D eigenvalue weighted by molar-refractivity contribution is 7.98. The van der Waals surface area contributed by atoms with Gasteiger partial charge in [-0.1, -0.05) is 30.3 Å². The quantitative estimate of drug-likeness (QED) is 0.668. The second kappa shape index (κ2) is 7.53. The fourth-order valence-corrected chi connectivity index (χ4v) is 3.20. The lowest BCUT2D eigenvalue weighted by Gasteiger charge is -2.12. The number of benzene rings is 1. The number of imidazole rings is 1. The van der Waals surface area contributed by atoms with Gasteiger partial charge in [-0.05, 0) is 31.5 Å². The van der Waals surface area contributed by atoms with E-state index in [1.54, 1.807) is 11.8 Å². The molecule has 1 N–H and O–H groups in total. The van der Waals surface area contributed by atoms with Gasteiger partial charge in [0.25, 0.3) is 0 Å². The predicted octanol–water partition coefficient (Wildman–Crippen LogP) is 4.59. The van der Waals surface area contributed by atoms with Crippen molar-refractivity contribution in [2.45, 2.75) is 30.5 Å². The highest BCUT2D eigenvalue weighted by atomic mass is 32.2. The first kappa shape index (κ1) is 16.6. The molecule has 0 saturated carbocycles. The van der Waals surface area contributed by atoms with Crippen molar-refractivity contribution >= 4 is 17.6 Å². The van der Waals surface area contributed by atoms with Gasteiger partial charge in [0.2, 0.25) is 0 Å². The van der Waals surface area contributed by atoms with Crippen LogP contribution in [0, 0.1) is 6.92 Å². The van der Waals surface area contributed by atoms with Gasteiger partial charge in [0.15, 0.2) is 0 Å². The average Bonchev–Trinajstić information content (AvgIpc) is 2.94. The lowest BCUT2D eigenvalue weighted by molar-refractivity contribution is 0.836. The molecule has 0 radical (unpaired) electrons. The van der Waals surface area contributed by atoms with Gasteiger partial charge in [0, 0.05) is 30.1 Å². The fraction of sp³-hybridized carbons (Fsp3) is 0.263. The lowest BCUT2D eigenvalue weighted by Crippen LogP contribution is -2.08. The molecule has 5 heteroatoms. The normalized spacial score (nSPS) is 12.1. The Morgan fingerprint density at radius 2 is 1.96 bits per heavy atom. The Balaban J connectivity index is 1.58. The minimum Gasteiger partial charge on any atom is -0.362 e. The van der Waals surface area contributed by atoms with Crippen molar-refractivity contribution in [1.82, 2.24) is 14.5 Å². The zero-order chi connectivity index (χ0) is 16.9. The molecule has 0 fully saturated rings.